The lowest BCUT2D eigenvalue weighted by Gasteiger charge is -2.20. The van der Waals surface area contributed by atoms with Crippen LogP contribution in [0.3, 0.4) is 0 Å². The van der Waals surface area contributed by atoms with Gasteiger partial charge < -0.3 is 19.9 Å². The molecule has 1 aromatic carbocycles. The molecule has 6 heteroatoms. The lowest BCUT2D eigenvalue weighted by Crippen LogP contribution is -2.16. The van der Waals surface area contributed by atoms with E-state index in [1.807, 2.05) is 12.1 Å². The third kappa shape index (κ3) is 3.04. The fraction of sp³-hybridized carbons (Fsp3) is 0.267. The first-order valence-electron chi connectivity index (χ1n) is 6.63. The highest BCUT2D eigenvalue weighted by molar-refractivity contribution is 6.32. The molecule has 110 valence electrons. The number of aliphatic hydroxyl groups is 1. The van der Waals surface area contributed by atoms with Crippen molar-refractivity contribution in [3.05, 3.63) is 46.7 Å². The van der Waals surface area contributed by atoms with Crippen molar-refractivity contribution in [2.75, 3.05) is 18.5 Å². The Labute approximate surface area is 127 Å². The second kappa shape index (κ2) is 6.20. The molecule has 0 atom stereocenters. The summed E-state index contributed by atoms with van der Waals surface area (Å²) in [5.41, 5.74) is 2.57. The molecule has 0 amide bonds. The van der Waals surface area contributed by atoms with Crippen LogP contribution in [0.25, 0.3) is 0 Å². The Morgan fingerprint density at radius 1 is 1.29 bits per heavy atom. The van der Waals surface area contributed by atoms with Crippen molar-refractivity contribution in [2.24, 2.45) is 0 Å². The van der Waals surface area contributed by atoms with Crippen LogP contribution in [0, 0.1) is 0 Å². The van der Waals surface area contributed by atoms with Crippen LogP contribution in [0.15, 0.2) is 30.6 Å². The second-order valence-electron chi connectivity index (χ2n) is 4.65. The van der Waals surface area contributed by atoms with Crippen molar-refractivity contribution >= 4 is 17.3 Å². The van der Waals surface area contributed by atoms with Gasteiger partial charge in [0.1, 0.15) is 13.2 Å². The van der Waals surface area contributed by atoms with E-state index < -0.39 is 0 Å². The molecule has 0 fully saturated rings. The van der Waals surface area contributed by atoms with Gasteiger partial charge in [-0.3, -0.25) is 4.98 Å². The Balaban J connectivity index is 1.78. The number of aliphatic hydroxyl groups excluding tert-OH is 1. The number of benzene rings is 1. The van der Waals surface area contributed by atoms with Crippen molar-refractivity contribution in [3.63, 3.8) is 0 Å². The van der Waals surface area contributed by atoms with E-state index in [0.29, 0.717) is 36.3 Å². The zero-order chi connectivity index (χ0) is 14.7. The number of aromatic nitrogens is 1. The minimum absolute atomic E-state index is 0.0350. The summed E-state index contributed by atoms with van der Waals surface area (Å²) < 4.78 is 11.0. The van der Waals surface area contributed by atoms with E-state index in [-0.39, 0.29) is 6.61 Å². The summed E-state index contributed by atoms with van der Waals surface area (Å²) in [7, 11) is 0. The van der Waals surface area contributed by atoms with Gasteiger partial charge in [0.15, 0.2) is 11.5 Å². The van der Waals surface area contributed by atoms with Crippen LogP contribution in [-0.4, -0.2) is 23.3 Å². The first-order valence-corrected chi connectivity index (χ1v) is 7.01. The molecule has 5 nitrogen and oxygen atoms in total. The van der Waals surface area contributed by atoms with Gasteiger partial charge in [0.2, 0.25) is 0 Å². The van der Waals surface area contributed by atoms with Crippen molar-refractivity contribution in [3.8, 4) is 11.5 Å². The lowest BCUT2D eigenvalue weighted by atomic mass is 10.1. The number of nitrogens with zero attached hydrogens (tertiary/aromatic N) is 1. The number of halogens is 1. The highest BCUT2D eigenvalue weighted by Crippen LogP contribution is 2.38. The van der Waals surface area contributed by atoms with Crippen LogP contribution >= 0.6 is 11.6 Å². The van der Waals surface area contributed by atoms with Gasteiger partial charge in [-0.1, -0.05) is 11.6 Å². The van der Waals surface area contributed by atoms with E-state index in [9.17, 15) is 5.11 Å². The molecule has 1 aliphatic heterocycles. The van der Waals surface area contributed by atoms with Gasteiger partial charge in [-0.25, -0.2) is 0 Å². The SMILES string of the molecule is OCc1ccncc1NCc1cc(Cl)c2c(c1)OCCO2. The summed E-state index contributed by atoms with van der Waals surface area (Å²) >= 11 is 6.20. The lowest BCUT2D eigenvalue weighted by molar-refractivity contribution is 0.171. The first-order chi connectivity index (χ1) is 10.3. The quantitative estimate of drug-likeness (QED) is 0.909. The van der Waals surface area contributed by atoms with E-state index >= 15 is 0 Å². The molecule has 0 unspecified atom stereocenters. The maximum absolute atomic E-state index is 9.29. The number of pyridine rings is 1. The van der Waals surface area contributed by atoms with Crippen molar-refractivity contribution in [1.82, 2.24) is 4.98 Å². The minimum atomic E-state index is -0.0350. The topological polar surface area (TPSA) is 63.6 Å². The van der Waals surface area contributed by atoms with Crippen LogP contribution in [-0.2, 0) is 13.2 Å². The fourth-order valence-electron chi connectivity index (χ4n) is 2.18. The average molecular weight is 307 g/mol. The zero-order valence-corrected chi connectivity index (χ0v) is 12.1. The first kappa shape index (κ1) is 14.0. The van der Waals surface area contributed by atoms with Gasteiger partial charge in [-0.2, -0.15) is 0 Å². The van der Waals surface area contributed by atoms with E-state index in [1.54, 1.807) is 18.5 Å². The summed E-state index contributed by atoms with van der Waals surface area (Å²) in [6.07, 6.45) is 3.34. The number of ether oxygens (including phenoxy) is 2. The summed E-state index contributed by atoms with van der Waals surface area (Å²) in [5, 5.41) is 13.1. The Kier molecular flexibility index (Phi) is 4.13. The molecule has 0 aliphatic carbocycles. The summed E-state index contributed by atoms with van der Waals surface area (Å²) in [6.45, 7) is 1.55. The van der Waals surface area contributed by atoms with E-state index in [0.717, 1.165) is 16.8 Å². The zero-order valence-electron chi connectivity index (χ0n) is 11.3. The number of nitrogens with one attached hydrogen (secondary N) is 1. The molecule has 2 aromatic rings. The molecular weight excluding hydrogens is 292 g/mol. The molecule has 0 spiro atoms. The van der Waals surface area contributed by atoms with E-state index in [4.69, 9.17) is 21.1 Å². The van der Waals surface area contributed by atoms with Crippen molar-refractivity contribution in [2.45, 2.75) is 13.2 Å². The monoisotopic (exact) mass is 306 g/mol. The smallest absolute Gasteiger partial charge is 0.179 e. The normalized spacial score (nSPS) is 13.0. The van der Waals surface area contributed by atoms with Crippen molar-refractivity contribution < 1.29 is 14.6 Å². The largest absolute Gasteiger partial charge is 0.486 e. The standard InChI is InChI=1S/C15H15ClN2O3/c16-12-5-10(6-14-15(12)21-4-3-20-14)7-18-13-8-17-2-1-11(13)9-19/h1-2,5-6,8,18-19H,3-4,7,9H2. The highest BCUT2D eigenvalue weighted by Gasteiger charge is 2.16. The summed E-state index contributed by atoms with van der Waals surface area (Å²) in [5.74, 6) is 1.27. The highest BCUT2D eigenvalue weighted by atomic mass is 35.5. The van der Waals surface area contributed by atoms with E-state index in [1.165, 1.54) is 0 Å². The Morgan fingerprint density at radius 3 is 3.00 bits per heavy atom. The van der Waals surface area contributed by atoms with Crippen LogP contribution in [0.2, 0.25) is 5.02 Å². The average Bonchev–Trinajstić information content (AvgIpc) is 2.53. The molecular formula is C15H15ClN2O3. The fourth-order valence-corrected chi connectivity index (χ4v) is 2.47. The molecule has 0 saturated heterocycles. The molecule has 0 radical (unpaired) electrons. The van der Waals surface area contributed by atoms with Gasteiger partial charge in [-0.05, 0) is 23.8 Å². The number of hydrogen-bond donors (Lipinski definition) is 2. The maximum atomic E-state index is 9.29. The van der Waals surface area contributed by atoms with Crippen LogP contribution in [0.1, 0.15) is 11.1 Å². The summed E-state index contributed by atoms with van der Waals surface area (Å²) in [6, 6.07) is 5.53. The summed E-state index contributed by atoms with van der Waals surface area (Å²) in [4.78, 5) is 4.05. The second-order valence-corrected chi connectivity index (χ2v) is 5.05. The van der Waals surface area contributed by atoms with Crippen LogP contribution in [0.5, 0.6) is 11.5 Å². The number of hydrogen-bond acceptors (Lipinski definition) is 5. The minimum Gasteiger partial charge on any atom is -0.486 e. The third-order valence-electron chi connectivity index (χ3n) is 3.22. The molecule has 3 rings (SSSR count). The molecule has 1 aromatic heterocycles. The number of fused-ring (bicyclic) bond motifs is 1. The third-order valence-corrected chi connectivity index (χ3v) is 3.50. The Hall–Kier alpha value is -1.98. The van der Waals surface area contributed by atoms with Gasteiger partial charge >= 0.3 is 0 Å². The van der Waals surface area contributed by atoms with Gasteiger partial charge in [0.25, 0.3) is 0 Å². The predicted octanol–water partition coefficient (Wildman–Crippen LogP) is 2.61. The Morgan fingerprint density at radius 2 is 2.14 bits per heavy atom. The molecule has 2 heterocycles. The molecule has 1 aliphatic rings. The Bertz CT molecular complexity index is 649. The number of anilines is 1. The van der Waals surface area contributed by atoms with Crippen molar-refractivity contribution in [1.29, 1.82) is 0 Å². The van der Waals surface area contributed by atoms with Crippen LogP contribution in [0.4, 0.5) is 5.69 Å². The van der Waals surface area contributed by atoms with Gasteiger partial charge in [0.05, 0.1) is 23.5 Å². The predicted molar refractivity (Wildman–Crippen MR) is 79.9 cm³/mol. The maximum Gasteiger partial charge on any atom is 0.179 e. The molecule has 21 heavy (non-hydrogen) atoms. The van der Waals surface area contributed by atoms with Gasteiger partial charge in [0, 0.05) is 18.3 Å². The molecule has 0 bridgehead atoms. The van der Waals surface area contributed by atoms with Gasteiger partial charge in [-0.15, -0.1) is 0 Å². The molecule has 2 N–H and O–H groups in total. The van der Waals surface area contributed by atoms with Crippen LogP contribution < -0.4 is 14.8 Å². The van der Waals surface area contributed by atoms with E-state index in [2.05, 4.69) is 10.3 Å². The number of rotatable bonds is 4. The molecule has 0 saturated carbocycles.